The van der Waals surface area contributed by atoms with E-state index in [-0.39, 0.29) is 6.04 Å². The molecule has 0 radical (unpaired) electrons. The number of anilines is 2. The molecule has 146 valence electrons. The molecule has 0 saturated carbocycles. The van der Waals surface area contributed by atoms with Gasteiger partial charge < -0.3 is 20.3 Å². The van der Waals surface area contributed by atoms with Gasteiger partial charge in [0.1, 0.15) is 23.5 Å². The van der Waals surface area contributed by atoms with E-state index in [4.69, 9.17) is 9.84 Å². The molecule has 3 aromatic heterocycles. The molecular formula is C19H22FN7O. The number of morpholine rings is 1. The molecule has 3 aromatic rings. The maximum Gasteiger partial charge on any atom is 0.154 e. The number of pyridine rings is 1. The van der Waals surface area contributed by atoms with Crippen LogP contribution < -0.4 is 15.5 Å². The van der Waals surface area contributed by atoms with Crippen LogP contribution in [0.25, 0.3) is 17.0 Å². The van der Waals surface area contributed by atoms with Crippen LogP contribution >= 0.6 is 0 Å². The van der Waals surface area contributed by atoms with E-state index in [1.54, 1.807) is 6.20 Å². The van der Waals surface area contributed by atoms with Gasteiger partial charge in [0.15, 0.2) is 5.65 Å². The Morgan fingerprint density at radius 2 is 2.04 bits per heavy atom. The third kappa shape index (κ3) is 3.27. The van der Waals surface area contributed by atoms with Crippen molar-refractivity contribution >= 4 is 17.3 Å². The molecule has 5 heterocycles. The lowest BCUT2D eigenvalue weighted by Gasteiger charge is -2.27. The van der Waals surface area contributed by atoms with Gasteiger partial charge in [-0.05, 0) is 24.3 Å². The zero-order chi connectivity index (χ0) is 18.9. The topological polar surface area (TPSA) is 79.6 Å². The van der Waals surface area contributed by atoms with E-state index < -0.39 is 6.17 Å². The van der Waals surface area contributed by atoms with E-state index in [9.17, 15) is 4.39 Å². The first kappa shape index (κ1) is 17.3. The summed E-state index contributed by atoms with van der Waals surface area (Å²) in [5, 5.41) is 11.0. The molecule has 9 heteroatoms. The summed E-state index contributed by atoms with van der Waals surface area (Å²) in [7, 11) is 0. The number of fused-ring (bicyclic) bond motifs is 1. The van der Waals surface area contributed by atoms with Crippen molar-refractivity contribution in [1.29, 1.82) is 0 Å². The highest BCUT2D eigenvalue weighted by Gasteiger charge is 2.26. The van der Waals surface area contributed by atoms with Crippen LogP contribution in [-0.2, 0) is 4.74 Å². The Hall–Kier alpha value is -2.78. The number of rotatable bonds is 4. The van der Waals surface area contributed by atoms with E-state index in [1.807, 2.05) is 34.8 Å². The molecule has 2 fully saturated rings. The van der Waals surface area contributed by atoms with Crippen molar-refractivity contribution in [2.24, 2.45) is 0 Å². The van der Waals surface area contributed by atoms with E-state index in [1.165, 1.54) is 0 Å². The van der Waals surface area contributed by atoms with Crippen molar-refractivity contribution in [3.63, 3.8) is 0 Å². The number of ether oxygens (including phenoxy) is 1. The average molecular weight is 383 g/mol. The Morgan fingerprint density at radius 3 is 2.86 bits per heavy atom. The van der Waals surface area contributed by atoms with Gasteiger partial charge in [0.05, 0.1) is 31.1 Å². The van der Waals surface area contributed by atoms with Gasteiger partial charge >= 0.3 is 0 Å². The molecular weight excluding hydrogens is 361 g/mol. The minimum Gasteiger partial charge on any atom is -0.378 e. The Bertz CT molecular complexity index is 972. The predicted molar refractivity (Wildman–Crippen MR) is 104 cm³/mol. The number of nitrogens with zero attached hydrogens (tertiary/aromatic N) is 5. The van der Waals surface area contributed by atoms with Crippen molar-refractivity contribution in [1.82, 2.24) is 24.9 Å². The van der Waals surface area contributed by atoms with E-state index in [0.717, 1.165) is 35.9 Å². The average Bonchev–Trinajstić information content (AvgIpc) is 3.34. The Morgan fingerprint density at radius 1 is 1.14 bits per heavy atom. The lowest BCUT2D eigenvalue weighted by Crippen LogP contribution is -2.37. The van der Waals surface area contributed by atoms with Crippen molar-refractivity contribution in [3.8, 4) is 11.4 Å². The van der Waals surface area contributed by atoms with Gasteiger partial charge in [0.2, 0.25) is 0 Å². The number of imidazole rings is 1. The standard InChI is InChI=1S/C19H22FN7O/c20-13-10-21-11-15(13)24-17-3-1-2-14(23-17)16-12-22-18-4-5-19(25-27(16)18)26-6-8-28-9-7-26/h1-5,12-13,15,21H,6-11H2,(H,23,24)/t13-,15-/m0/s1. The first-order valence-electron chi connectivity index (χ1n) is 9.54. The number of aromatic nitrogens is 4. The summed E-state index contributed by atoms with van der Waals surface area (Å²) >= 11 is 0. The van der Waals surface area contributed by atoms with Crippen molar-refractivity contribution in [2.45, 2.75) is 12.2 Å². The van der Waals surface area contributed by atoms with Crippen LogP contribution in [0.4, 0.5) is 16.0 Å². The highest BCUT2D eigenvalue weighted by molar-refractivity contribution is 5.62. The van der Waals surface area contributed by atoms with Crippen LogP contribution in [0.2, 0.25) is 0 Å². The number of hydrogen-bond acceptors (Lipinski definition) is 7. The maximum atomic E-state index is 13.9. The molecule has 2 saturated heterocycles. The number of hydrogen-bond donors (Lipinski definition) is 2. The monoisotopic (exact) mass is 383 g/mol. The molecule has 2 atom stereocenters. The lowest BCUT2D eigenvalue weighted by molar-refractivity contribution is 0.122. The Kier molecular flexibility index (Phi) is 4.53. The number of halogens is 1. The van der Waals surface area contributed by atoms with Crippen LogP contribution in [0.5, 0.6) is 0 Å². The fourth-order valence-electron chi connectivity index (χ4n) is 3.64. The van der Waals surface area contributed by atoms with Crippen LogP contribution in [0.3, 0.4) is 0 Å². The van der Waals surface area contributed by atoms with Crippen LogP contribution in [-0.4, -0.2) is 71.2 Å². The fourth-order valence-corrected chi connectivity index (χ4v) is 3.64. The SMILES string of the molecule is F[C@H]1CNC[C@@H]1Nc1cccc(-c2cnc3ccc(N4CCOCC4)nn23)n1. The van der Waals surface area contributed by atoms with Gasteiger partial charge in [0, 0.05) is 26.2 Å². The van der Waals surface area contributed by atoms with Gasteiger partial charge in [-0.2, -0.15) is 0 Å². The quantitative estimate of drug-likeness (QED) is 0.704. The Balaban J connectivity index is 1.46. The molecule has 0 unspecified atom stereocenters. The summed E-state index contributed by atoms with van der Waals surface area (Å²) in [6, 6.07) is 9.35. The molecule has 0 amide bonds. The first-order valence-corrected chi connectivity index (χ1v) is 9.54. The maximum absolute atomic E-state index is 13.9. The summed E-state index contributed by atoms with van der Waals surface area (Å²) in [4.78, 5) is 11.3. The summed E-state index contributed by atoms with van der Waals surface area (Å²) < 4.78 is 21.1. The molecule has 0 bridgehead atoms. The lowest BCUT2D eigenvalue weighted by atomic mass is 10.2. The predicted octanol–water partition coefficient (Wildman–Crippen LogP) is 1.35. The molecule has 0 aromatic carbocycles. The van der Waals surface area contributed by atoms with Crippen molar-refractivity contribution < 1.29 is 9.13 Å². The summed E-state index contributed by atoms with van der Waals surface area (Å²) in [6.45, 7) is 4.01. The van der Waals surface area contributed by atoms with Gasteiger partial charge in [-0.1, -0.05) is 6.07 Å². The molecule has 2 aliphatic rings. The smallest absolute Gasteiger partial charge is 0.154 e. The number of nitrogens with one attached hydrogen (secondary N) is 2. The Labute approximate surface area is 161 Å². The molecule has 2 aliphatic heterocycles. The van der Waals surface area contributed by atoms with E-state index in [2.05, 4.69) is 25.5 Å². The second-order valence-corrected chi connectivity index (χ2v) is 7.04. The zero-order valence-electron chi connectivity index (χ0n) is 15.4. The summed E-state index contributed by atoms with van der Waals surface area (Å²) in [5.41, 5.74) is 2.30. The zero-order valence-corrected chi connectivity index (χ0v) is 15.4. The molecule has 28 heavy (non-hydrogen) atoms. The van der Waals surface area contributed by atoms with Gasteiger partial charge in [-0.15, -0.1) is 5.10 Å². The third-order valence-corrected chi connectivity index (χ3v) is 5.17. The highest BCUT2D eigenvalue weighted by Crippen LogP contribution is 2.22. The van der Waals surface area contributed by atoms with Crippen LogP contribution in [0, 0.1) is 0 Å². The minimum atomic E-state index is -0.918. The highest BCUT2D eigenvalue weighted by atomic mass is 19.1. The second kappa shape index (κ2) is 7.33. The minimum absolute atomic E-state index is 0.268. The number of alkyl halides is 1. The van der Waals surface area contributed by atoms with Gasteiger partial charge in [-0.3, -0.25) is 0 Å². The van der Waals surface area contributed by atoms with Crippen molar-refractivity contribution in [3.05, 3.63) is 36.5 Å². The summed E-state index contributed by atoms with van der Waals surface area (Å²) in [5.74, 6) is 1.54. The first-order chi connectivity index (χ1) is 13.8. The van der Waals surface area contributed by atoms with Crippen LogP contribution in [0.1, 0.15) is 0 Å². The molecule has 0 spiro atoms. The third-order valence-electron chi connectivity index (χ3n) is 5.17. The molecule has 8 nitrogen and oxygen atoms in total. The van der Waals surface area contributed by atoms with Crippen LogP contribution in [0.15, 0.2) is 36.5 Å². The molecule has 5 rings (SSSR count). The fraction of sp³-hybridized carbons (Fsp3) is 0.421. The largest absolute Gasteiger partial charge is 0.378 e. The van der Waals surface area contributed by atoms with E-state index >= 15 is 0 Å². The van der Waals surface area contributed by atoms with Gasteiger partial charge in [-0.25, -0.2) is 18.9 Å². The van der Waals surface area contributed by atoms with Gasteiger partial charge in [0.25, 0.3) is 0 Å². The normalized spacial score (nSPS) is 22.7. The van der Waals surface area contributed by atoms with E-state index in [0.29, 0.717) is 32.1 Å². The molecule has 2 N–H and O–H groups in total. The van der Waals surface area contributed by atoms with Crippen molar-refractivity contribution in [2.75, 3.05) is 49.6 Å². The summed E-state index contributed by atoms with van der Waals surface area (Å²) in [6.07, 6.45) is 0.853. The molecule has 0 aliphatic carbocycles. The second-order valence-electron chi connectivity index (χ2n) is 7.04.